The van der Waals surface area contributed by atoms with E-state index in [-0.39, 0.29) is 47.3 Å². The van der Waals surface area contributed by atoms with Crippen LogP contribution >= 0.6 is 11.8 Å². The molecule has 2 aliphatic rings. The summed E-state index contributed by atoms with van der Waals surface area (Å²) in [6.45, 7) is 4.19. The Morgan fingerprint density at radius 3 is 2.23 bits per heavy atom. The van der Waals surface area contributed by atoms with Crippen molar-refractivity contribution in [1.82, 2.24) is 4.90 Å². The first-order valence-electron chi connectivity index (χ1n) is 10.1. The van der Waals surface area contributed by atoms with Crippen molar-refractivity contribution in [3.8, 4) is 5.75 Å². The molecule has 1 aromatic carbocycles. The first-order chi connectivity index (χ1) is 14.6. The number of likely N-dealkylation sites (tertiary alicyclic amines) is 1. The van der Waals surface area contributed by atoms with E-state index >= 15 is 0 Å². The van der Waals surface area contributed by atoms with E-state index in [9.17, 15) is 31.9 Å². The van der Waals surface area contributed by atoms with Crippen molar-refractivity contribution in [3.05, 3.63) is 29.3 Å². The number of rotatable bonds is 6. The topological polar surface area (TPSA) is 63.7 Å². The Hall–Kier alpha value is -2.10. The quantitative estimate of drug-likeness (QED) is 0.209. The molecule has 2 fully saturated rings. The Bertz CT molecular complexity index is 860. The van der Waals surface area contributed by atoms with Gasteiger partial charge in [-0.15, -0.1) is 11.8 Å². The maximum atomic E-state index is 13.7. The van der Waals surface area contributed by atoms with Gasteiger partial charge in [0.15, 0.2) is 11.6 Å². The standard InChI is InChI=1S/C21H23F4NO4S/c1-10(2)31-15-8-16(27)26(20(15)28)9-11-3-5-12(6-4-11)21(29)30-19-17(24)13(22)7-14(23)18(19)25/h7,10-12,15H,3-6,8-9H2,1-2H3. The average molecular weight is 461 g/mol. The lowest BCUT2D eigenvalue weighted by Gasteiger charge is -2.29. The van der Waals surface area contributed by atoms with E-state index in [2.05, 4.69) is 4.74 Å². The molecule has 0 N–H and O–H groups in total. The monoisotopic (exact) mass is 461 g/mol. The molecule has 0 aromatic heterocycles. The maximum absolute atomic E-state index is 13.7. The Kier molecular flexibility index (Phi) is 7.28. The third kappa shape index (κ3) is 5.22. The molecule has 1 aliphatic carbocycles. The smallest absolute Gasteiger partial charge is 0.314 e. The molecule has 1 aliphatic heterocycles. The van der Waals surface area contributed by atoms with E-state index < -0.39 is 40.9 Å². The van der Waals surface area contributed by atoms with Gasteiger partial charge in [-0.25, -0.2) is 8.78 Å². The van der Waals surface area contributed by atoms with Crippen LogP contribution in [0.25, 0.3) is 0 Å². The largest absolute Gasteiger partial charge is 0.420 e. The van der Waals surface area contributed by atoms with Crippen molar-refractivity contribution in [3.63, 3.8) is 0 Å². The van der Waals surface area contributed by atoms with Crippen LogP contribution < -0.4 is 4.74 Å². The van der Waals surface area contributed by atoms with Gasteiger partial charge in [0.1, 0.15) is 0 Å². The van der Waals surface area contributed by atoms with Crippen molar-refractivity contribution in [2.45, 2.75) is 56.5 Å². The van der Waals surface area contributed by atoms with Gasteiger partial charge in [0, 0.05) is 19.0 Å². The number of thioether (sulfide) groups is 1. The lowest BCUT2D eigenvalue weighted by Crippen LogP contribution is -2.38. The van der Waals surface area contributed by atoms with E-state index in [4.69, 9.17) is 0 Å². The Labute approximate surface area is 181 Å². The zero-order valence-corrected chi connectivity index (χ0v) is 17.9. The summed E-state index contributed by atoms with van der Waals surface area (Å²) in [4.78, 5) is 38.3. The van der Waals surface area contributed by atoms with Crippen LogP contribution in [-0.2, 0) is 14.4 Å². The molecule has 170 valence electrons. The van der Waals surface area contributed by atoms with Crippen LogP contribution in [0.1, 0.15) is 46.0 Å². The number of amides is 2. The van der Waals surface area contributed by atoms with Crippen molar-refractivity contribution in [2.75, 3.05) is 6.54 Å². The van der Waals surface area contributed by atoms with Crippen LogP contribution in [0.2, 0.25) is 0 Å². The molecule has 1 saturated heterocycles. The Balaban J connectivity index is 1.55. The van der Waals surface area contributed by atoms with E-state index in [1.54, 1.807) is 0 Å². The van der Waals surface area contributed by atoms with Crippen LogP contribution in [0.4, 0.5) is 17.6 Å². The molecular formula is C21H23F4NO4S. The Morgan fingerprint density at radius 2 is 1.68 bits per heavy atom. The lowest BCUT2D eigenvalue weighted by molar-refractivity contribution is -0.143. The zero-order valence-electron chi connectivity index (χ0n) is 17.1. The van der Waals surface area contributed by atoms with Gasteiger partial charge >= 0.3 is 5.97 Å². The molecular weight excluding hydrogens is 438 g/mol. The van der Waals surface area contributed by atoms with Crippen molar-refractivity contribution in [2.24, 2.45) is 11.8 Å². The summed E-state index contributed by atoms with van der Waals surface area (Å²) in [5.41, 5.74) is 0. The number of hydrogen-bond donors (Lipinski definition) is 0. The highest BCUT2D eigenvalue weighted by Gasteiger charge is 2.41. The summed E-state index contributed by atoms with van der Waals surface area (Å²) < 4.78 is 58.6. The van der Waals surface area contributed by atoms with Gasteiger partial charge in [-0.3, -0.25) is 19.3 Å². The summed E-state index contributed by atoms with van der Waals surface area (Å²) in [5, 5.41) is -0.139. The maximum Gasteiger partial charge on any atom is 0.314 e. The molecule has 1 heterocycles. The van der Waals surface area contributed by atoms with Gasteiger partial charge in [0.05, 0.1) is 11.2 Å². The normalized spacial score (nSPS) is 24.2. The molecule has 3 rings (SSSR count). The number of esters is 1. The van der Waals surface area contributed by atoms with Gasteiger partial charge in [0.25, 0.3) is 0 Å². The third-order valence-electron chi connectivity index (χ3n) is 5.53. The molecule has 1 unspecified atom stereocenters. The highest BCUT2D eigenvalue weighted by atomic mass is 32.2. The molecule has 10 heteroatoms. The molecule has 1 aromatic rings. The molecule has 31 heavy (non-hydrogen) atoms. The predicted molar refractivity (Wildman–Crippen MR) is 105 cm³/mol. The molecule has 1 saturated carbocycles. The molecule has 0 bridgehead atoms. The first kappa shape index (κ1) is 23.6. The number of nitrogens with zero attached hydrogens (tertiary/aromatic N) is 1. The fraction of sp³-hybridized carbons (Fsp3) is 0.571. The molecule has 0 radical (unpaired) electrons. The molecule has 0 spiro atoms. The number of carbonyl (C=O) groups is 3. The zero-order chi connectivity index (χ0) is 22.9. The van der Waals surface area contributed by atoms with Crippen molar-refractivity contribution >= 4 is 29.5 Å². The van der Waals surface area contributed by atoms with Crippen molar-refractivity contribution in [1.29, 1.82) is 0 Å². The summed E-state index contributed by atoms with van der Waals surface area (Å²) >= 11 is 1.46. The first-order valence-corrected chi connectivity index (χ1v) is 11.1. The van der Waals surface area contributed by atoms with Gasteiger partial charge in [-0.1, -0.05) is 13.8 Å². The van der Waals surface area contributed by atoms with E-state index in [1.807, 2.05) is 13.8 Å². The van der Waals surface area contributed by atoms with Crippen LogP contribution in [0.3, 0.4) is 0 Å². The molecule has 2 amide bonds. The van der Waals surface area contributed by atoms with Crippen LogP contribution in [0, 0.1) is 35.1 Å². The highest BCUT2D eigenvalue weighted by Crippen LogP contribution is 2.35. The lowest BCUT2D eigenvalue weighted by atomic mass is 9.82. The molecule has 1 atom stereocenters. The van der Waals surface area contributed by atoms with Gasteiger partial charge in [-0.2, -0.15) is 8.78 Å². The Morgan fingerprint density at radius 1 is 1.10 bits per heavy atom. The molecule has 5 nitrogen and oxygen atoms in total. The van der Waals surface area contributed by atoms with Crippen LogP contribution in [0.15, 0.2) is 6.07 Å². The summed E-state index contributed by atoms with van der Waals surface area (Å²) in [5.74, 6) is -10.3. The number of hydrogen-bond acceptors (Lipinski definition) is 5. The van der Waals surface area contributed by atoms with Crippen LogP contribution in [0.5, 0.6) is 5.75 Å². The minimum absolute atomic E-state index is 0.000151. The summed E-state index contributed by atoms with van der Waals surface area (Å²) in [6, 6.07) is 0.0401. The van der Waals surface area contributed by atoms with Gasteiger partial charge < -0.3 is 4.74 Å². The summed E-state index contributed by atoms with van der Waals surface area (Å²) in [6.07, 6.45) is 1.81. The number of carbonyl (C=O) groups excluding carboxylic acids is 3. The van der Waals surface area contributed by atoms with Gasteiger partial charge in [0.2, 0.25) is 29.2 Å². The van der Waals surface area contributed by atoms with E-state index in [1.165, 1.54) is 16.7 Å². The van der Waals surface area contributed by atoms with Crippen LogP contribution in [-0.4, -0.2) is 39.7 Å². The number of ether oxygens (including phenoxy) is 1. The SMILES string of the molecule is CC(C)SC1CC(=O)N(CC2CCC(C(=O)Oc3c(F)c(F)cc(F)c3F)CC2)C1=O. The van der Waals surface area contributed by atoms with E-state index in [0.717, 1.165) is 0 Å². The van der Waals surface area contributed by atoms with Gasteiger partial charge in [-0.05, 0) is 36.9 Å². The number of halogens is 4. The fourth-order valence-corrected chi connectivity index (χ4v) is 5.08. The van der Waals surface area contributed by atoms with Crippen molar-refractivity contribution < 1.29 is 36.7 Å². The second-order valence-electron chi connectivity index (χ2n) is 8.16. The number of imide groups is 1. The summed E-state index contributed by atoms with van der Waals surface area (Å²) in [7, 11) is 0. The predicted octanol–water partition coefficient (Wildman–Crippen LogP) is 4.22. The minimum atomic E-state index is -1.76. The fourth-order valence-electron chi connectivity index (χ4n) is 3.94. The second kappa shape index (κ2) is 9.58. The third-order valence-corrected chi connectivity index (χ3v) is 6.78. The second-order valence-corrected chi connectivity index (χ2v) is 9.94. The number of benzene rings is 1. The minimum Gasteiger partial charge on any atom is -0.420 e. The average Bonchev–Trinajstić information content (AvgIpc) is 2.97. The van der Waals surface area contributed by atoms with E-state index in [0.29, 0.717) is 25.7 Å². The highest BCUT2D eigenvalue weighted by molar-refractivity contribution is 8.01.